The molecule has 48 valence electrons. The van der Waals surface area contributed by atoms with Crippen LogP contribution in [0.15, 0.2) is 0 Å². The zero-order chi connectivity index (χ0) is 6.41. The Balaban J connectivity index is 2.99. The smallest absolute Gasteiger partial charge is 0.236 e. The number of amides is 1. The van der Waals surface area contributed by atoms with E-state index in [4.69, 9.17) is 11.6 Å². The Labute approximate surface area is 53.0 Å². The fourth-order valence-corrected chi connectivity index (χ4v) is 0.294. The van der Waals surface area contributed by atoms with E-state index in [-0.39, 0.29) is 18.5 Å². The van der Waals surface area contributed by atoms with E-state index < -0.39 is 0 Å². The second-order valence-electron chi connectivity index (χ2n) is 1.17. The highest BCUT2D eigenvalue weighted by Crippen LogP contribution is 1.72. The molecule has 0 aromatic carbocycles. The van der Waals surface area contributed by atoms with Gasteiger partial charge in [-0.15, -0.1) is 11.6 Å². The fraction of sp³-hybridized carbons (Fsp3) is 0.750. The summed E-state index contributed by atoms with van der Waals surface area (Å²) in [6.07, 6.45) is 0. The van der Waals surface area contributed by atoms with E-state index in [1.807, 2.05) is 0 Å². The van der Waals surface area contributed by atoms with Gasteiger partial charge in [-0.2, -0.15) is 0 Å². The molecule has 0 aliphatic carbocycles. The Morgan fingerprint density at radius 2 is 2.50 bits per heavy atom. The summed E-state index contributed by atoms with van der Waals surface area (Å²) in [5.41, 5.74) is 0. The van der Waals surface area contributed by atoms with Gasteiger partial charge in [-0.25, -0.2) is 0 Å². The first kappa shape index (κ1) is 7.72. The number of alkyl halides is 1. The zero-order valence-electron chi connectivity index (χ0n) is 4.61. The summed E-state index contributed by atoms with van der Waals surface area (Å²) < 4.78 is 4.52. The SMILES string of the molecule is COCNC(=O)CCl. The van der Waals surface area contributed by atoms with Gasteiger partial charge < -0.3 is 10.1 Å². The maximum atomic E-state index is 10.2. The number of carbonyl (C=O) groups is 1. The molecule has 8 heavy (non-hydrogen) atoms. The highest BCUT2D eigenvalue weighted by atomic mass is 35.5. The van der Waals surface area contributed by atoms with Crippen molar-refractivity contribution >= 4 is 17.5 Å². The maximum Gasteiger partial charge on any atom is 0.236 e. The number of hydrogen-bond acceptors (Lipinski definition) is 2. The number of methoxy groups -OCH3 is 1. The molecule has 0 unspecified atom stereocenters. The van der Waals surface area contributed by atoms with Crippen LogP contribution in [0.4, 0.5) is 0 Å². The van der Waals surface area contributed by atoms with Crippen LogP contribution in [0, 0.1) is 0 Å². The minimum atomic E-state index is -0.214. The number of halogens is 1. The van der Waals surface area contributed by atoms with Crippen molar-refractivity contribution in [3.8, 4) is 0 Å². The van der Waals surface area contributed by atoms with Crippen molar-refractivity contribution in [3.63, 3.8) is 0 Å². The number of ether oxygens (including phenoxy) is 1. The molecule has 0 spiro atoms. The van der Waals surface area contributed by atoms with Gasteiger partial charge in [0.25, 0.3) is 0 Å². The molecular formula is C4H8ClNO2. The number of nitrogens with one attached hydrogen (secondary N) is 1. The molecule has 0 aliphatic heterocycles. The summed E-state index contributed by atoms with van der Waals surface area (Å²) in [5, 5.41) is 2.39. The molecule has 1 amide bonds. The predicted molar refractivity (Wildman–Crippen MR) is 30.7 cm³/mol. The van der Waals surface area contributed by atoms with Gasteiger partial charge in [0.2, 0.25) is 5.91 Å². The lowest BCUT2D eigenvalue weighted by molar-refractivity contribution is -0.120. The Morgan fingerprint density at radius 3 is 2.88 bits per heavy atom. The summed E-state index contributed by atoms with van der Waals surface area (Å²) in [4.78, 5) is 10.2. The largest absolute Gasteiger partial charge is 0.364 e. The van der Waals surface area contributed by atoms with Crippen molar-refractivity contribution < 1.29 is 9.53 Å². The van der Waals surface area contributed by atoms with Crippen molar-refractivity contribution in [3.05, 3.63) is 0 Å². The quantitative estimate of drug-likeness (QED) is 0.438. The van der Waals surface area contributed by atoms with E-state index in [1.54, 1.807) is 0 Å². The first-order chi connectivity index (χ1) is 3.81. The Kier molecular flexibility index (Phi) is 4.70. The average Bonchev–Trinajstić information content (AvgIpc) is 1.83. The lowest BCUT2D eigenvalue weighted by atomic mass is 10.7. The second kappa shape index (κ2) is 4.87. The third-order valence-electron chi connectivity index (χ3n) is 0.535. The molecule has 3 nitrogen and oxygen atoms in total. The summed E-state index contributed by atoms with van der Waals surface area (Å²) in [7, 11) is 1.49. The zero-order valence-corrected chi connectivity index (χ0v) is 5.36. The molecule has 0 aromatic heterocycles. The molecule has 0 fully saturated rings. The predicted octanol–water partition coefficient (Wildman–Crippen LogP) is -0.0547. The summed E-state index contributed by atoms with van der Waals surface area (Å²) in [6, 6.07) is 0. The van der Waals surface area contributed by atoms with E-state index in [9.17, 15) is 4.79 Å². The molecule has 0 saturated carbocycles. The van der Waals surface area contributed by atoms with Gasteiger partial charge in [0, 0.05) is 7.11 Å². The number of rotatable bonds is 3. The molecule has 0 aliphatic rings. The molecule has 0 aromatic rings. The molecule has 0 saturated heterocycles. The van der Waals surface area contributed by atoms with Crippen molar-refractivity contribution in [2.75, 3.05) is 19.7 Å². The maximum absolute atomic E-state index is 10.2. The summed E-state index contributed by atoms with van der Waals surface area (Å²) >= 11 is 5.12. The van der Waals surface area contributed by atoms with E-state index in [0.717, 1.165) is 0 Å². The first-order valence-corrected chi connectivity index (χ1v) is 2.66. The standard InChI is InChI=1S/C4H8ClNO2/c1-8-3-6-4(7)2-5/h2-3H2,1H3,(H,6,7). The number of hydrogen-bond donors (Lipinski definition) is 1. The van der Waals surface area contributed by atoms with E-state index in [0.29, 0.717) is 0 Å². The highest BCUT2D eigenvalue weighted by molar-refractivity contribution is 6.27. The van der Waals surface area contributed by atoms with Crippen LogP contribution in [0.2, 0.25) is 0 Å². The van der Waals surface area contributed by atoms with E-state index in [2.05, 4.69) is 10.1 Å². The monoisotopic (exact) mass is 137 g/mol. The highest BCUT2D eigenvalue weighted by Gasteiger charge is 1.92. The third kappa shape index (κ3) is 3.89. The van der Waals surface area contributed by atoms with Crippen LogP contribution >= 0.6 is 11.6 Å². The van der Waals surface area contributed by atoms with Gasteiger partial charge in [0.15, 0.2) is 0 Å². The van der Waals surface area contributed by atoms with Crippen LogP contribution in [0.5, 0.6) is 0 Å². The molecule has 0 radical (unpaired) electrons. The molecule has 0 heterocycles. The molecule has 1 N–H and O–H groups in total. The van der Waals surface area contributed by atoms with Crippen LogP contribution in [0.25, 0.3) is 0 Å². The van der Waals surface area contributed by atoms with E-state index in [1.165, 1.54) is 7.11 Å². The topological polar surface area (TPSA) is 38.3 Å². The van der Waals surface area contributed by atoms with Gasteiger partial charge in [0.1, 0.15) is 12.6 Å². The molecule has 0 atom stereocenters. The lowest BCUT2D eigenvalue weighted by Crippen LogP contribution is -2.26. The molecular weight excluding hydrogens is 130 g/mol. The molecule has 4 heteroatoms. The van der Waals surface area contributed by atoms with E-state index >= 15 is 0 Å². The van der Waals surface area contributed by atoms with Crippen molar-refractivity contribution in [2.45, 2.75) is 0 Å². The van der Waals surface area contributed by atoms with Crippen molar-refractivity contribution in [1.82, 2.24) is 5.32 Å². The Morgan fingerprint density at radius 1 is 1.88 bits per heavy atom. The van der Waals surface area contributed by atoms with Crippen LogP contribution in [0.1, 0.15) is 0 Å². The Bertz CT molecular complexity index is 76.4. The van der Waals surface area contributed by atoms with Crippen LogP contribution in [0.3, 0.4) is 0 Å². The molecule has 0 rings (SSSR count). The third-order valence-corrected chi connectivity index (χ3v) is 0.778. The average molecular weight is 138 g/mol. The summed E-state index contributed by atoms with van der Waals surface area (Å²) in [5.74, 6) is -0.225. The lowest BCUT2D eigenvalue weighted by Gasteiger charge is -1.97. The van der Waals surface area contributed by atoms with Gasteiger partial charge >= 0.3 is 0 Å². The fourth-order valence-electron chi connectivity index (χ4n) is 0.200. The minimum absolute atomic E-state index is 0.0106. The minimum Gasteiger partial charge on any atom is -0.364 e. The van der Waals surface area contributed by atoms with Crippen LogP contribution < -0.4 is 5.32 Å². The van der Waals surface area contributed by atoms with Gasteiger partial charge in [0.05, 0.1) is 0 Å². The van der Waals surface area contributed by atoms with Crippen LogP contribution in [-0.2, 0) is 9.53 Å². The first-order valence-electron chi connectivity index (χ1n) is 2.13. The molecule has 0 bridgehead atoms. The van der Waals surface area contributed by atoms with Gasteiger partial charge in [-0.05, 0) is 0 Å². The van der Waals surface area contributed by atoms with Gasteiger partial charge in [-0.3, -0.25) is 4.79 Å². The summed E-state index contributed by atoms with van der Waals surface area (Å²) in [6.45, 7) is 0.228. The van der Waals surface area contributed by atoms with Gasteiger partial charge in [-0.1, -0.05) is 0 Å². The normalized spacial score (nSPS) is 8.75. The van der Waals surface area contributed by atoms with Crippen molar-refractivity contribution in [1.29, 1.82) is 0 Å². The number of carbonyl (C=O) groups excluding carboxylic acids is 1. The van der Waals surface area contributed by atoms with Crippen LogP contribution in [-0.4, -0.2) is 25.6 Å². The van der Waals surface area contributed by atoms with Crippen molar-refractivity contribution in [2.24, 2.45) is 0 Å². The second-order valence-corrected chi connectivity index (χ2v) is 1.43. The Hall–Kier alpha value is -0.280.